The second kappa shape index (κ2) is 63.4. The summed E-state index contributed by atoms with van der Waals surface area (Å²) in [7, 11) is 0. The van der Waals surface area contributed by atoms with Gasteiger partial charge >= 0.3 is 5.97 Å². The van der Waals surface area contributed by atoms with Gasteiger partial charge in [0.25, 0.3) is 0 Å². The van der Waals surface area contributed by atoms with Crippen LogP contribution in [0.1, 0.15) is 393 Å². The largest absolute Gasteiger partial charge is 0.466 e. The van der Waals surface area contributed by atoms with Gasteiger partial charge in [0, 0.05) is 12.8 Å². The topological polar surface area (TPSA) is 95.9 Å². The summed E-state index contributed by atoms with van der Waals surface area (Å²) in [5.74, 6) is -0.00639. The lowest BCUT2D eigenvalue weighted by Crippen LogP contribution is -2.45. The zero-order valence-corrected chi connectivity index (χ0v) is 49.9. The van der Waals surface area contributed by atoms with E-state index >= 15 is 0 Å². The number of hydrogen-bond acceptors (Lipinski definition) is 5. The highest BCUT2D eigenvalue weighted by molar-refractivity contribution is 5.76. The molecule has 0 aromatic carbocycles. The quantitative estimate of drug-likeness (QED) is 0.0417. The maximum atomic E-state index is 12.5. The first-order chi connectivity index (χ1) is 36.0. The van der Waals surface area contributed by atoms with E-state index in [1.807, 2.05) is 0 Å². The van der Waals surface area contributed by atoms with Gasteiger partial charge in [0.05, 0.1) is 25.4 Å². The summed E-state index contributed by atoms with van der Waals surface area (Å²) in [5.41, 5.74) is 0. The highest BCUT2D eigenvalue weighted by Crippen LogP contribution is 2.19. The molecule has 0 aliphatic rings. The first-order valence-corrected chi connectivity index (χ1v) is 33.8. The van der Waals surface area contributed by atoms with E-state index in [-0.39, 0.29) is 18.5 Å². The third kappa shape index (κ3) is 60.0. The van der Waals surface area contributed by atoms with Gasteiger partial charge in [0.1, 0.15) is 0 Å². The van der Waals surface area contributed by atoms with Gasteiger partial charge in [-0.15, -0.1) is 0 Å². The van der Waals surface area contributed by atoms with Crippen molar-refractivity contribution in [1.29, 1.82) is 0 Å². The molecule has 0 heterocycles. The molecule has 2 unspecified atom stereocenters. The Morgan fingerprint density at radius 2 is 0.562 bits per heavy atom. The van der Waals surface area contributed by atoms with Gasteiger partial charge in [-0.3, -0.25) is 9.59 Å². The Labute approximate surface area is 457 Å². The maximum absolute atomic E-state index is 12.5. The molecule has 0 rings (SSSR count). The number of carbonyl (C=O) groups is 2. The first-order valence-electron chi connectivity index (χ1n) is 33.8. The molecule has 3 N–H and O–H groups in total. The summed E-state index contributed by atoms with van der Waals surface area (Å²) in [4.78, 5) is 24.6. The normalized spacial score (nSPS) is 12.4. The van der Waals surface area contributed by atoms with Crippen LogP contribution in [0.25, 0.3) is 0 Å². The monoisotopic (exact) mass is 1030 g/mol. The summed E-state index contributed by atoms with van der Waals surface area (Å²) in [6, 6.07) is -0.537. The number of ether oxygens (including phenoxy) is 1. The molecule has 2 atom stereocenters. The summed E-state index contributed by atoms with van der Waals surface area (Å²) in [6.07, 6.45) is 75.7. The van der Waals surface area contributed by atoms with Crippen LogP contribution in [0, 0.1) is 0 Å². The molecule has 436 valence electrons. The fourth-order valence-corrected chi connectivity index (χ4v) is 11.0. The highest BCUT2D eigenvalue weighted by atomic mass is 16.5. The molecule has 6 nitrogen and oxygen atoms in total. The predicted molar refractivity (Wildman–Crippen MR) is 320 cm³/mol. The summed E-state index contributed by atoms with van der Waals surface area (Å²) in [6.45, 7) is 4.99. The van der Waals surface area contributed by atoms with Gasteiger partial charge in [0.2, 0.25) is 5.91 Å². The number of aliphatic hydroxyl groups is 2. The molecule has 1 amide bonds. The van der Waals surface area contributed by atoms with Gasteiger partial charge in [-0.05, 0) is 25.7 Å². The van der Waals surface area contributed by atoms with Crippen molar-refractivity contribution < 1.29 is 24.5 Å². The molecule has 0 saturated carbocycles. The zero-order chi connectivity index (χ0) is 52.9. The average Bonchev–Trinajstić information content (AvgIpc) is 3.39. The van der Waals surface area contributed by atoms with E-state index in [1.165, 1.54) is 321 Å². The smallest absolute Gasteiger partial charge is 0.305 e. The number of esters is 1. The molecule has 0 aromatic rings. The van der Waals surface area contributed by atoms with E-state index in [4.69, 9.17) is 4.74 Å². The predicted octanol–water partition coefficient (Wildman–Crippen LogP) is 21.4. The Kier molecular flexibility index (Phi) is 62.4. The van der Waals surface area contributed by atoms with Gasteiger partial charge in [-0.25, -0.2) is 0 Å². The SMILES string of the molecule is CCCCCCCCCCCCCCCCCC(=O)OCCCCCCCCCCCCCCCCCCCCCCCCCCCCCCC(=O)NC(CO)C(O)CCCCCCCCCCCCCCC. The number of rotatable bonds is 64. The van der Waals surface area contributed by atoms with Crippen LogP contribution in [0.2, 0.25) is 0 Å². The minimum absolute atomic E-state index is 0.0228. The number of aliphatic hydroxyl groups excluding tert-OH is 2. The fourth-order valence-electron chi connectivity index (χ4n) is 11.0. The lowest BCUT2D eigenvalue weighted by Gasteiger charge is -2.22. The molecule has 0 saturated heterocycles. The molecule has 0 bridgehead atoms. The Morgan fingerprint density at radius 1 is 0.329 bits per heavy atom. The van der Waals surface area contributed by atoms with Crippen LogP contribution >= 0.6 is 0 Å². The minimum Gasteiger partial charge on any atom is -0.466 e. The Balaban J connectivity index is 3.31. The first kappa shape index (κ1) is 71.9. The molecule has 0 radical (unpaired) electrons. The van der Waals surface area contributed by atoms with Crippen molar-refractivity contribution in [2.75, 3.05) is 13.2 Å². The lowest BCUT2D eigenvalue weighted by atomic mass is 10.0. The van der Waals surface area contributed by atoms with Gasteiger partial charge in [-0.2, -0.15) is 0 Å². The van der Waals surface area contributed by atoms with E-state index < -0.39 is 12.1 Å². The molecular weight excluding hydrogens is 899 g/mol. The van der Waals surface area contributed by atoms with Crippen molar-refractivity contribution in [3.05, 3.63) is 0 Å². The lowest BCUT2D eigenvalue weighted by molar-refractivity contribution is -0.143. The van der Waals surface area contributed by atoms with E-state index in [0.717, 1.165) is 38.5 Å². The number of amides is 1. The molecule has 0 spiro atoms. The van der Waals surface area contributed by atoms with Gasteiger partial charge in [0.15, 0.2) is 0 Å². The summed E-state index contributed by atoms with van der Waals surface area (Å²) < 4.78 is 5.50. The molecule has 6 heteroatoms. The highest BCUT2D eigenvalue weighted by Gasteiger charge is 2.20. The van der Waals surface area contributed by atoms with Crippen molar-refractivity contribution in [2.24, 2.45) is 0 Å². The van der Waals surface area contributed by atoms with Crippen molar-refractivity contribution >= 4 is 11.9 Å². The van der Waals surface area contributed by atoms with E-state index in [0.29, 0.717) is 25.9 Å². The maximum Gasteiger partial charge on any atom is 0.305 e. The number of hydrogen-bond donors (Lipinski definition) is 3. The molecular formula is C67H133NO5. The summed E-state index contributed by atoms with van der Waals surface area (Å²) >= 11 is 0. The Morgan fingerprint density at radius 3 is 0.836 bits per heavy atom. The van der Waals surface area contributed by atoms with Crippen LogP contribution in [-0.2, 0) is 14.3 Å². The fraction of sp³-hybridized carbons (Fsp3) is 0.970. The number of nitrogens with one attached hydrogen (secondary N) is 1. The second-order valence-electron chi connectivity index (χ2n) is 23.5. The zero-order valence-electron chi connectivity index (χ0n) is 49.9. The van der Waals surface area contributed by atoms with Crippen LogP contribution in [0.3, 0.4) is 0 Å². The van der Waals surface area contributed by atoms with Crippen molar-refractivity contribution in [1.82, 2.24) is 5.32 Å². The van der Waals surface area contributed by atoms with E-state index in [2.05, 4.69) is 19.2 Å². The molecule has 0 aliphatic heterocycles. The third-order valence-corrected chi connectivity index (χ3v) is 16.2. The van der Waals surface area contributed by atoms with Gasteiger partial charge in [-0.1, -0.05) is 354 Å². The van der Waals surface area contributed by atoms with Gasteiger partial charge < -0.3 is 20.3 Å². The molecule has 0 aliphatic carbocycles. The van der Waals surface area contributed by atoms with E-state index in [9.17, 15) is 19.8 Å². The summed E-state index contributed by atoms with van der Waals surface area (Å²) in [5, 5.41) is 23.3. The van der Waals surface area contributed by atoms with Crippen molar-refractivity contribution in [2.45, 2.75) is 405 Å². The molecule has 0 aromatic heterocycles. The Hall–Kier alpha value is -1.14. The molecule has 0 fully saturated rings. The standard InChI is InChI=1S/C67H133NO5/c1-3-5-7-9-11-13-15-17-32-37-41-45-49-53-57-61-67(72)73-62-58-54-50-46-42-38-34-31-29-27-25-23-21-19-18-20-22-24-26-28-30-33-36-40-44-48-52-56-60-66(71)68-64(63-69)65(70)59-55-51-47-43-39-35-16-14-12-10-8-6-4-2/h64-65,69-70H,3-63H2,1-2H3,(H,68,71). The third-order valence-electron chi connectivity index (χ3n) is 16.2. The van der Waals surface area contributed by atoms with Crippen LogP contribution in [0.15, 0.2) is 0 Å². The van der Waals surface area contributed by atoms with Crippen molar-refractivity contribution in [3.8, 4) is 0 Å². The Bertz CT molecular complexity index is 1050. The van der Waals surface area contributed by atoms with Crippen molar-refractivity contribution in [3.63, 3.8) is 0 Å². The van der Waals surface area contributed by atoms with Crippen LogP contribution in [0.5, 0.6) is 0 Å². The van der Waals surface area contributed by atoms with Crippen LogP contribution in [-0.4, -0.2) is 47.4 Å². The minimum atomic E-state index is -0.660. The number of carbonyl (C=O) groups excluding carboxylic acids is 2. The molecule has 73 heavy (non-hydrogen) atoms. The number of unbranched alkanes of at least 4 members (excludes halogenated alkanes) is 53. The van der Waals surface area contributed by atoms with Crippen LogP contribution in [0.4, 0.5) is 0 Å². The second-order valence-corrected chi connectivity index (χ2v) is 23.5. The van der Waals surface area contributed by atoms with E-state index in [1.54, 1.807) is 0 Å². The van der Waals surface area contributed by atoms with Crippen LogP contribution < -0.4 is 5.32 Å². The average molecular weight is 1030 g/mol.